The van der Waals surface area contributed by atoms with E-state index in [1.165, 1.54) is 33.0 Å². The van der Waals surface area contributed by atoms with Crippen LogP contribution in [0.5, 0.6) is 0 Å². The summed E-state index contributed by atoms with van der Waals surface area (Å²) in [4.78, 5) is 0. The summed E-state index contributed by atoms with van der Waals surface area (Å²) >= 11 is 3.71. The Hall–Kier alpha value is -4.60. The molecule has 6 aromatic carbocycles. The van der Waals surface area contributed by atoms with E-state index in [1.807, 2.05) is 6.07 Å². The first-order chi connectivity index (χ1) is 19.3. The number of rotatable bonds is 3. The molecule has 0 saturated carbocycles. The summed E-state index contributed by atoms with van der Waals surface area (Å²) in [5.74, 6) is 0. The van der Waals surface area contributed by atoms with Crippen molar-refractivity contribution in [3.8, 4) is 27.9 Å². The van der Waals surface area contributed by atoms with Gasteiger partial charge < -0.3 is 8.98 Å². The van der Waals surface area contributed by atoms with E-state index in [9.17, 15) is 0 Å². The van der Waals surface area contributed by atoms with E-state index in [-0.39, 0.29) is 0 Å². The van der Waals surface area contributed by atoms with E-state index >= 15 is 0 Å². The number of fused-ring (bicyclic) bond motifs is 6. The van der Waals surface area contributed by atoms with Gasteiger partial charge in [0.05, 0.1) is 16.7 Å². The minimum absolute atomic E-state index is 0.890. The number of halogens is 1. The first-order valence-corrected chi connectivity index (χ1v) is 13.8. The van der Waals surface area contributed by atoms with Crippen LogP contribution in [-0.2, 0) is 0 Å². The highest BCUT2D eigenvalue weighted by molar-refractivity contribution is 9.10. The highest BCUT2D eigenvalue weighted by atomic mass is 79.9. The lowest BCUT2D eigenvalue weighted by Crippen LogP contribution is -1.95. The van der Waals surface area contributed by atoms with Crippen molar-refractivity contribution in [2.45, 2.75) is 0 Å². The van der Waals surface area contributed by atoms with Gasteiger partial charge in [0, 0.05) is 26.0 Å². The molecular weight excluding hydrogens is 542 g/mol. The predicted octanol–water partition coefficient (Wildman–Crippen LogP) is 10.8. The second kappa shape index (κ2) is 8.72. The Balaban J connectivity index is 1.46. The first-order valence-electron chi connectivity index (χ1n) is 13.1. The second-order valence-electron chi connectivity index (χ2n) is 9.90. The van der Waals surface area contributed by atoms with Crippen LogP contribution < -0.4 is 0 Å². The summed E-state index contributed by atoms with van der Waals surface area (Å²) < 4.78 is 10.1. The lowest BCUT2D eigenvalue weighted by atomic mass is 9.95. The fraction of sp³-hybridized carbons (Fsp3) is 0. The summed E-state index contributed by atoms with van der Waals surface area (Å²) in [5.41, 5.74) is 9.86. The maximum Gasteiger partial charge on any atom is 0.160 e. The van der Waals surface area contributed by atoms with Gasteiger partial charge >= 0.3 is 0 Å². The second-order valence-corrected chi connectivity index (χ2v) is 10.8. The molecule has 0 spiro atoms. The number of furan rings is 1. The molecule has 8 aromatic rings. The Labute approximate surface area is 233 Å². The smallest absolute Gasteiger partial charge is 0.160 e. The Kier molecular flexibility index (Phi) is 5.01. The molecule has 2 nitrogen and oxygen atoms in total. The van der Waals surface area contributed by atoms with Gasteiger partial charge in [0.1, 0.15) is 5.58 Å². The summed E-state index contributed by atoms with van der Waals surface area (Å²) in [5, 5.41) is 4.70. The molecule has 0 atom stereocenters. The molecule has 2 heterocycles. The summed E-state index contributed by atoms with van der Waals surface area (Å²) in [6, 6.07) is 47.2. The SMILES string of the molecule is Brc1ccc2c3ccccc3n(-c3ccc(-c4cccc(-c5ccccc5)c4)c4c3oc3ccccc34)c2c1. The third-order valence-electron chi connectivity index (χ3n) is 7.66. The van der Waals surface area contributed by atoms with Crippen LogP contribution in [0.25, 0.3) is 71.7 Å². The Morgan fingerprint density at radius 1 is 0.513 bits per heavy atom. The fourth-order valence-corrected chi connectivity index (χ4v) is 6.28. The third kappa shape index (κ3) is 3.47. The van der Waals surface area contributed by atoms with E-state index in [0.717, 1.165) is 43.1 Å². The lowest BCUT2D eigenvalue weighted by molar-refractivity contribution is 0.666. The number of para-hydroxylation sites is 2. The third-order valence-corrected chi connectivity index (χ3v) is 8.16. The minimum atomic E-state index is 0.890. The van der Waals surface area contributed by atoms with Crippen LogP contribution in [-0.4, -0.2) is 4.57 Å². The van der Waals surface area contributed by atoms with Crippen LogP contribution in [0.2, 0.25) is 0 Å². The Morgan fingerprint density at radius 3 is 2.13 bits per heavy atom. The molecule has 3 heteroatoms. The highest BCUT2D eigenvalue weighted by Crippen LogP contribution is 2.43. The van der Waals surface area contributed by atoms with E-state index < -0.39 is 0 Å². The van der Waals surface area contributed by atoms with E-state index in [2.05, 4.69) is 148 Å². The molecule has 0 amide bonds. The van der Waals surface area contributed by atoms with Gasteiger partial charge in [0.15, 0.2) is 5.58 Å². The van der Waals surface area contributed by atoms with Gasteiger partial charge in [-0.05, 0) is 58.7 Å². The standard InChI is InChI=1S/C36H22BrNO/c37-26-17-18-29-28-13-4-6-15-31(28)38(33(29)22-26)32-20-19-27(35-30-14-5-7-16-34(30)39-36(32)35)25-12-8-11-24(21-25)23-9-2-1-3-10-23/h1-22H. The molecule has 39 heavy (non-hydrogen) atoms. The van der Waals surface area contributed by atoms with Crippen molar-refractivity contribution in [2.75, 3.05) is 0 Å². The highest BCUT2D eigenvalue weighted by Gasteiger charge is 2.20. The van der Waals surface area contributed by atoms with Crippen molar-refractivity contribution in [3.05, 3.63) is 138 Å². The summed E-state index contributed by atoms with van der Waals surface area (Å²) in [7, 11) is 0. The van der Waals surface area contributed by atoms with E-state index in [4.69, 9.17) is 4.42 Å². The average molecular weight is 564 g/mol. The molecular formula is C36H22BrNO. The molecule has 0 saturated heterocycles. The molecule has 0 unspecified atom stereocenters. The molecule has 8 rings (SSSR count). The maximum absolute atomic E-state index is 6.68. The largest absolute Gasteiger partial charge is 0.454 e. The quantitative estimate of drug-likeness (QED) is 0.209. The van der Waals surface area contributed by atoms with Crippen molar-refractivity contribution in [2.24, 2.45) is 0 Å². The number of aromatic nitrogens is 1. The summed E-state index contributed by atoms with van der Waals surface area (Å²) in [6.45, 7) is 0. The van der Waals surface area contributed by atoms with Crippen LogP contribution in [0.1, 0.15) is 0 Å². The molecule has 0 radical (unpaired) electrons. The van der Waals surface area contributed by atoms with Crippen LogP contribution in [0, 0.1) is 0 Å². The molecule has 0 aliphatic rings. The van der Waals surface area contributed by atoms with Gasteiger partial charge in [-0.1, -0.05) is 113 Å². The first kappa shape index (κ1) is 22.4. The van der Waals surface area contributed by atoms with Crippen molar-refractivity contribution >= 4 is 59.7 Å². The number of nitrogens with zero attached hydrogens (tertiary/aromatic N) is 1. The maximum atomic E-state index is 6.68. The van der Waals surface area contributed by atoms with Crippen molar-refractivity contribution < 1.29 is 4.42 Å². The Bertz CT molecular complexity index is 2190. The van der Waals surface area contributed by atoms with Crippen LogP contribution in [0.3, 0.4) is 0 Å². The van der Waals surface area contributed by atoms with Crippen LogP contribution >= 0.6 is 15.9 Å². The van der Waals surface area contributed by atoms with Gasteiger partial charge in [0.25, 0.3) is 0 Å². The van der Waals surface area contributed by atoms with Crippen LogP contribution in [0.4, 0.5) is 0 Å². The molecule has 0 aliphatic carbocycles. The molecule has 0 aliphatic heterocycles. The lowest BCUT2D eigenvalue weighted by Gasteiger charge is -2.12. The van der Waals surface area contributed by atoms with Gasteiger partial charge in [-0.25, -0.2) is 0 Å². The van der Waals surface area contributed by atoms with Crippen molar-refractivity contribution in [3.63, 3.8) is 0 Å². The molecule has 184 valence electrons. The van der Waals surface area contributed by atoms with Crippen LogP contribution in [0.15, 0.2) is 142 Å². The number of hydrogen-bond acceptors (Lipinski definition) is 1. The normalized spacial score (nSPS) is 11.7. The summed E-state index contributed by atoms with van der Waals surface area (Å²) in [6.07, 6.45) is 0. The molecule has 2 aromatic heterocycles. The number of hydrogen-bond donors (Lipinski definition) is 0. The van der Waals surface area contributed by atoms with E-state index in [0.29, 0.717) is 0 Å². The number of benzene rings is 6. The molecule has 0 N–H and O–H groups in total. The zero-order valence-electron chi connectivity index (χ0n) is 20.9. The van der Waals surface area contributed by atoms with Crippen molar-refractivity contribution in [1.82, 2.24) is 4.57 Å². The zero-order chi connectivity index (χ0) is 25.9. The average Bonchev–Trinajstić information content (AvgIpc) is 3.53. The van der Waals surface area contributed by atoms with Crippen molar-refractivity contribution in [1.29, 1.82) is 0 Å². The van der Waals surface area contributed by atoms with Gasteiger partial charge in [-0.15, -0.1) is 0 Å². The van der Waals surface area contributed by atoms with Gasteiger partial charge in [-0.3, -0.25) is 0 Å². The predicted molar refractivity (Wildman–Crippen MR) is 167 cm³/mol. The van der Waals surface area contributed by atoms with E-state index in [1.54, 1.807) is 0 Å². The Morgan fingerprint density at radius 2 is 1.23 bits per heavy atom. The zero-order valence-corrected chi connectivity index (χ0v) is 22.5. The van der Waals surface area contributed by atoms with Gasteiger partial charge in [-0.2, -0.15) is 0 Å². The minimum Gasteiger partial charge on any atom is -0.454 e. The monoisotopic (exact) mass is 563 g/mol. The topological polar surface area (TPSA) is 18.1 Å². The molecule has 0 bridgehead atoms. The molecule has 0 fully saturated rings. The fourth-order valence-electron chi connectivity index (χ4n) is 5.93. The van der Waals surface area contributed by atoms with Gasteiger partial charge in [0.2, 0.25) is 0 Å².